The lowest BCUT2D eigenvalue weighted by Crippen LogP contribution is -2.42. The number of hydrogen-bond acceptors (Lipinski definition) is 4. The second-order valence-corrected chi connectivity index (χ2v) is 9.39. The van der Waals surface area contributed by atoms with Crippen molar-refractivity contribution >= 4 is 11.9 Å². The number of fused-ring (bicyclic) bond motifs is 5. The molecule has 29 heavy (non-hydrogen) atoms. The van der Waals surface area contributed by atoms with E-state index < -0.39 is 0 Å². The molecule has 152 valence electrons. The molecule has 1 heterocycles. The molecule has 3 aliphatic carbocycles. The summed E-state index contributed by atoms with van der Waals surface area (Å²) in [5.41, 5.74) is 6.45. The number of phenols is 1. The molecule has 0 radical (unpaired) electrons. The number of aromatic nitrogens is 2. The van der Waals surface area contributed by atoms with Crippen LogP contribution in [0.2, 0.25) is 0 Å². The summed E-state index contributed by atoms with van der Waals surface area (Å²) in [7, 11) is 1.95. The van der Waals surface area contributed by atoms with Gasteiger partial charge in [0.1, 0.15) is 5.75 Å². The maximum absolute atomic E-state index is 9.86. The third-order valence-electron chi connectivity index (χ3n) is 8.10. The van der Waals surface area contributed by atoms with Crippen molar-refractivity contribution in [1.29, 1.82) is 0 Å². The van der Waals surface area contributed by atoms with E-state index in [0.717, 1.165) is 30.0 Å². The predicted molar refractivity (Wildman–Crippen MR) is 116 cm³/mol. The molecule has 5 rings (SSSR count). The zero-order chi connectivity index (χ0) is 20.2. The van der Waals surface area contributed by atoms with E-state index in [2.05, 4.69) is 30.1 Å². The highest BCUT2D eigenvalue weighted by Gasteiger charge is 2.53. The summed E-state index contributed by atoms with van der Waals surface area (Å²) in [4.78, 5) is 0. The molecule has 1 aromatic carbocycles. The van der Waals surface area contributed by atoms with Crippen LogP contribution in [0.5, 0.6) is 5.75 Å². The summed E-state index contributed by atoms with van der Waals surface area (Å²) in [6.07, 6.45) is 10.7. The van der Waals surface area contributed by atoms with E-state index >= 15 is 0 Å². The summed E-state index contributed by atoms with van der Waals surface area (Å²) in [5, 5.41) is 23.3. The van der Waals surface area contributed by atoms with Crippen molar-refractivity contribution in [3.05, 3.63) is 46.8 Å². The van der Waals surface area contributed by atoms with E-state index in [9.17, 15) is 5.11 Å². The van der Waals surface area contributed by atoms with Crippen LogP contribution in [0.25, 0.3) is 0 Å². The molecule has 0 unspecified atom stereocenters. The van der Waals surface area contributed by atoms with E-state index in [0.29, 0.717) is 17.6 Å². The molecular formula is C24H30N4O. The summed E-state index contributed by atoms with van der Waals surface area (Å²) < 4.78 is 1.86. The summed E-state index contributed by atoms with van der Waals surface area (Å²) in [5.74, 6) is 2.46. The fourth-order valence-electron chi connectivity index (χ4n) is 6.32. The molecule has 0 saturated heterocycles. The average molecular weight is 391 g/mol. The minimum absolute atomic E-state index is 0.177. The highest BCUT2D eigenvalue weighted by Crippen LogP contribution is 2.60. The molecular weight excluding hydrogens is 360 g/mol. The van der Waals surface area contributed by atoms with Crippen molar-refractivity contribution in [3.63, 3.8) is 0 Å². The van der Waals surface area contributed by atoms with Gasteiger partial charge in [0, 0.05) is 29.4 Å². The maximum atomic E-state index is 9.86. The predicted octanol–water partition coefficient (Wildman–Crippen LogP) is 4.77. The lowest BCUT2D eigenvalue weighted by Gasteiger charge is -2.49. The Hall–Kier alpha value is -2.43. The van der Waals surface area contributed by atoms with Gasteiger partial charge in [0.2, 0.25) is 0 Å². The largest absolute Gasteiger partial charge is 0.508 e. The first-order chi connectivity index (χ1) is 14.0. The standard InChI is InChI=1S/C24H30N4O/c1-15-17(14-26-28(15)3)13-25-27-23-9-8-22-21-6-4-16-12-18(29)5-7-19(16)20(21)10-11-24(22,23)2/h5,7,12-14,20-22,29H,4,6,8-11H2,1-3H3/t20-,21-,22-,24+/m1/s1. The van der Waals surface area contributed by atoms with Crippen molar-refractivity contribution in [2.45, 2.75) is 58.3 Å². The van der Waals surface area contributed by atoms with Gasteiger partial charge >= 0.3 is 0 Å². The van der Waals surface area contributed by atoms with Gasteiger partial charge in [0.25, 0.3) is 0 Å². The van der Waals surface area contributed by atoms with Gasteiger partial charge in [-0.1, -0.05) is 13.0 Å². The smallest absolute Gasteiger partial charge is 0.115 e. The van der Waals surface area contributed by atoms with Crippen LogP contribution in [0, 0.1) is 24.2 Å². The third kappa shape index (κ3) is 2.93. The molecule has 0 aliphatic heterocycles. The molecule has 1 aromatic heterocycles. The molecule has 1 N–H and O–H groups in total. The van der Waals surface area contributed by atoms with Gasteiger partial charge in [-0.05, 0) is 86.5 Å². The SMILES string of the molecule is Cc1c(C=NN=C2CC[C@@H]3[C@@H]4CCc5cc(O)ccc5[C@H]4CC[C@]23C)cnn1C. The lowest BCUT2D eigenvalue weighted by atomic mass is 9.55. The zero-order valence-electron chi connectivity index (χ0n) is 17.6. The second kappa shape index (κ2) is 6.82. The molecule has 5 nitrogen and oxygen atoms in total. The molecule has 4 atom stereocenters. The Kier molecular flexibility index (Phi) is 4.37. The van der Waals surface area contributed by atoms with Crippen molar-refractivity contribution in [2.24, 2.45) is 34.5 Å². The van der Waals surface area contributed by atoms with Gasteiger partial charge in [-0.3, -0.25) is 4.68 Å². The van der Waals surface area contributed by atoms with E-state index in [-0.39, 0.29) is 5.41 Å². The zero-order valence-corrected chi connectivity index (χ0v) is 17.6. The summed E-state index contributed by atoms with van der Waals surface area (Å²) in [6, 6.07) is 6.02. The van der Waals surface area contributed by atoms with Crippen LogP contribution in [0.15, 0.2) is 34.6 Å². The second-order valence-electron chi connectivity index (χ2n) is 9.39. The van der Waals surface area contributed by atoms with Crippen LogP contribution in [-0.4, -0.2) is 26.8 Å². The average Bonchev–Trinajstić information content (AvgIpc) is 3.21. The Morgan fingerprint density at radius 3 is 2.90 bits per heavy atom. The highest BCUT2D eigenvalue weighted by atomic mass is 16.3. The van der Waals surface area contributed by atoms with Crippen LogP contribution in [0.1, 0.15) is 67.3 Å². The number of aryl methyl sites for hydroxylation is 2. The molecule has 3 aliphatic rings. The monoisotopic (exact) mass is 390 g/mol. The Bertz CT molecular complexity index is 1000. The van der Waals surface area contributed by atoms with E-state index in [1.807, 2.05) is 36.3 Å². The molecule has 0 amide bonds. The maximum Gasteiger partial charge on any atom is 0.115 e. The van der Waals surface area contributed by atoms with Crippen LogP contribution in [0.3, 0.4) is 0 Å². The quantitative estimate of drug-likeness (QED) is 0.593. The van der Waals surface area contributed by atoms with Crippen LogP contribution in [0.4, 0.5) is 0 Å². The van der Waals surface area contributed by atoms with Gasteiger partial charge in [-0.15, -0.1) is 0 Å². The Morgan fingerprint density at radius 1 is 1.24 bits per heavy atom. The Morgan fingerprint density at radius 2 is 2.10 bits per heavy atom. The van der Waals surface area contributed by atoms with Gasteiger partial charge in [0.15, 0.2) is 0 Å². The summed E-state index contributed by atoms with van der Waals surface area (Å²) in [6.45, 7) is 4.48. The minimum Gasteiger partial charge on any atom is -0.508 e. The first-order valence-electron chi connectivity index (χ1n) is 10.9. The minimum atomic E-state index is 0.177. The first-order valence-corrected chi connectivity index (χ1v) is 10.9. The van der Waals surface area contributed by atoms with Crippen LogP contribution < -0.4 is 0 Å². The molecule has 2 saturated carbocycles. The molecule has 5 heteroatoms. The van der Waals surface area contributed by atoms with E-state index in [1.54, 1.807) is 0 Å². The van der Waals surface area contributed by atoms with Crippen LogP contribution in [-0.2, 0) is 13.5 Å². The normalized spacial score (nSPS) is 32.4. The van der Waals surface area contributed by atoms with Crippen molar-refractivity contribution in [1.82, 2.24) is 9.78 Å². The number of aromatic hydroxyl groups is 1. The number of nitrogens with zero attached hydrogens (tertiary/aromatic N) is 4. The van der Waals surface area contributed by atoms with Gasteiger partial charge < -0.3 is 5.11 Å². The number of rotatable bonds is 2. The number of phenolic OH excluding ortho intramolecular Hbond substituents is 1. The highest BCUT2D eigenvalue weighted by molar-refractivity contribution is 5.93. The van der Waals surface area contributed by atoms with Crippen molar-refractivity contribution in [2.75, 3.05) is 0 Å². The van der Waals surface area contributed by atoms with Crippen molar-refractivity contribution < 1.29 is 5.11 Å². The summed E-state index contributed by atoms with van der Waals surface area (Å²) >= 11 is 0. The Labute approximate surface area is 172 Å². The molecule has 0 bridgehead atoms. The van der Waals surface area contributed by atoms with E-state index in [4.69, 9.17) is 5.10 Å². The molecule has 0 spiro atoms. The number of hydrogen-bond donors (Lipinski definition) is 1. The van der Waals surface area contributed by atoms with Gasteiger partial charge in [-0.25, -0.2) is 0 Å². The Balaban J connectivity index is 1.39. The molecule has 2 aromatic rings. The van der Waals surface area contributed by atoms with E-state index in [1.165, 1.54) is 42.5 Å². The van der Waals surface area contributed by atoms with Crippen molar-refractivity contribution in [3.8, 4) is 5.75 Å². The molecule has 2 fully saturated rings. The first kappa shape index (κ1) is 18.6. The lowest BCUT2D eigenvalue weighted by molar-refractivity contribution is 0.0955. The third-order valence-corrected chi connectivity index (χ3v) is 8.10. The number of benzene rings is 1. The topological polar surface area (TPSA) is 62.8 Å². The fraction of sp³-hybridized carbons (Fsp3) is 0.542. The fourth-order valence-corrected chi connectivity index (χ4v) is 6.32. The van der Waals surface area contributed by atoms with Gasteiger partial charge in [0.05, 0.1) is 12.4 Å². The van der Waals surface area contributed by atoms with Gasteiger partial charge in [-0.2, -0.15) is 15.3 Å². The van der Waals surface area contributed by atoms with Crippen LogP contribution >= 0.6 is 0 Å².